The summed E-state index contributed by atoms with van der Waals surface area (Å²) in [5.74, 6) is 0.381. The molecule has 1 aliphatic rings. The first-order chi connectivity index (χ1) is 17.6. The van der Waals surface area contributed by atoms with Crippen LogP contribution in [0.1, 0.15) is 18.4 Å². The topological polar surface area (TPSA) is 87.3 Å². The van der Waals surface area contributed by atoms with E-state index in [1.54, 1.807) is 35.2 Å². The molecule has 36 heavy (non-hydrogen) atoms. The van der Waals surface area contributed by atoms with E-state index in [4.69, 9.17) is 10.00 Å². The lowest BCUT2D eigenvalue weighted by atomic mass is 10.0. The smallest absolute Gasteiger partial charge is 0.346 e. The number of fused-ring (bicyclic) bond motifs is 1. The Hall–Kier alpha value is -4.71. The lowest BCUT2D eigenvalue weighted by Gasteiger charge is -2.39. The summed E-state index contributed by atoms with van der Waals surface area (Å²) in [6.07, 6.45) is 2.79. The molecule has 9 heteroatoms. The van der Waals surface area contributed by atoms with E-state index >= 15 is 0 Å². The number of amides is 1. The largest absolute Gasteiger partial charge is 0.466 e. The van der Waals surface area contributed by atoms with E-state index in [-0.39, 0.29) is 17.9 Å². The maximum atomic E-state index is 13.6. The molecule has 0 spiro atoms. The van der Waals surface area contributed by atoms with Crippen molar-refractivity contribution in [2.75, 3.05) is 18.0 Å². The highest BCUT2D eigenvalue weighted by Gasteiger charge is 2.30. The number of anilines is 2. The second-order valence-electron chi connectivity index (χ2n) is 8.44. The van der Waals surface area contributed by atoms with Gasteiger partial charge in [0.2, 0.25) is 0 Å². The predicted octanol–water partition coefficient (Wildman–Crippen LogP) is 5.24. The van der Waals surface area contributed by atoms with Crippen molar-refractivity contribution >= 4 is 28.4 Å². The van der Waals surface area contributed by atoms with Crippen molar-refractivity contribution in [3.05, 3.63) is 91.0 Å². The SMILES string of the molecule is C=COc1ccc(N(c2ccc(F)cc2)C2CCN(C(=O)n3nnc4cc(C#N)ccc43)CC2)cc1. The third-order valence-corrected chi connectivity index (χ3v) is 6.30. The van der Waals surface area contributed by atoms with E-state index in [2.05, 4.69) is 27.9 Å². The molecule has 0 radical (unpaired) electrons. The third kappa shape index (κ3) is 4.49. The Balaban J connectivity index is 1.36. The van der Waals surface area contributed by atoms with Crippen LogP contribution in [0, 0.1) is 17.1 Å². The van der Waals surface area contributed by atoms with Crippen LogP contribution in [0.3, 0.4) is 0 Å². The first kappa shape index (κ1) is 23.1. The van der Waals surface area contributed by atoms with Crippen LogP contribution in [0.15, 0.2) is 79.6 Å². The zero-order valence-electron chi connectivity index (χ0n) is 19.4. The van der Waals surface area contributed by atoms with Crippen molar-refractivity contribution in [1.29, 1.82) is 5.26 Å². The third-order valence-electron chi connectivity index (χ3n) is 6.30. The van der Waals surface area contributed by atoms with Crippen molar-refractivity contribution in [2.24, 2.45) is 0 Å². The minimum absolute atomic E-state index is 0.0939. The van der Waals surface area contributed by atoms with Crippen LogP contribution in [0.25, 0.3) is 11.0 Å². The zero-order valence-corrected chi connectivity index (χ0v) is 19.4. The molecule has 1 saturated heterocycles. The highest BCUT2D eigenvalue weighted by Crippen LogP contribution is 2.33. The number of aromatic nitrogens is 3. The monoisotopic (exact) mass is 482 g/mol. The van der Waals surface area contributed by atoms with Gasteiger partial charge in [-0.05, 0) is 79.6 Å². The van der Waals surface area contributed by atoms with Crippen molar-refractivity contribution in [1.82, 2.24) is 19.9 Å². The van der Waals surface area contributed by atoms with Gasteiger partial charge in [0.1, 0.15) is 17.1 Å². The fraction of sp³-hybridized carbons (Fsp3) is 0.185. The molecule has 0 unspecified atom stereocenters. The van der Waals surface area contributed by atoms with Crippen LogP contribution < -0.4 is 9.64 Å². The Morgan fingerprint density at radius 2 is 1.75 bits per heavy atom. The van der Waals surface area contributed by atoms with E-state index in [1.165, 1.54) is 23.1 Å². The van der Waals surface area contributed by atoms with E-state index in [9.17, 15) is 9.18 Å². The Kier molecular flexibility index (Phi) is 6.33. The van der Waals surface area contributed by atoms with E-state index in [0.29, 0.717) is 48.3 Å². The fourth-order valence-corrected chi connectivity index (χ4v) is 4.54. The number of nitrogens with zero attached hydrogens (tertiary/aromatic N) is 6. The van der Waals surface area contributed by atoms with E-state index in [0.717, 1.165) is 11.4 Å². The van der Waals surface area contributed by atoms with Gasteiger partial charge < -0.3 is 14.5 Å². The number of piperidine rings is 1. The van der Waals surface area contributed by atoms with Crippen LogP contribution in [0.5, 0.6) is 5.75 Å². The standard InChI is InChI=1S/C27H23FN6O2/c1-2-36-24-10-8-22(9-11-24)33(21-6-4-20(28)5-7-21)23-13-15-32(16-14-23)27(35)34-26-12-3-19(18-29)17-25(26)30-31-34/h2-12,17,23H,1,13-16H2. The van der Waals surface area contributed by atoms with Gasteiger partial charge in [0.15, 0.2) is 0 Å². The molecular weight excluding hydrogens is 459 g/mol. The molecule has 180 valence electrons. The summed E-state index contributed by atoms with van der Waals surface area (Å²) in [6.45, 7) is 4.63. The van der Waals surface area contributed by atoms with E-state index < -0.39 is 0 Å². The van der Waals surface area contributed by atoms with Crippen molar-refractivity contribution in [2.45, 2.75) is 18.9 Å². The quantitative estimate of drug-likeness (QED) is 0.362. The van der Waals surface area contributed by atoms with Crippen molar-refractivity contribution in [3.63, 3.8) is 0 Å². The molecule has 1 fully saturated rings. The molecule has 4 aromatic rings. The summed E-state index contributed by atoms with van der Waals surface area (Å²) in [5, 5.41) is 17.2. The van der Waals surface area contributed by atoms with Crippen LogP contribution >= 0.6 is 0 Å². The summed E-state index contributed by atoms with van der Waals surface area (Å²) in [7, 11) is 0. The number of halogens is 1. The molecule has 8 nitrogen and oxygen atoms in total. The molecule has 5 rings (SSSR count). The van der Waals surface area contributed by atoms with E-state index in [1.807, 2.05) is 24.3 Å². The molecule has 1 aliphatic heterocycles. The van der Waals surface area contributed by atoms with Gasteiger partial charge in [-0.3, -0.25) is 0 Å². The van der Waals surface area contributed by atoms with Gasteiger partial charge in [-0.25, -0.2) is 9.18 Å². The number of hydrogen-bond donors (Lipinski definition) is 0. The molecule has 0 bridgehead atoms. The van der Waals surface area contributed by atoms with Crippen LogP contribution in [-0.2, 0) is 0 Å². The van der Waals surface area contributed by atoms with Crippen LogP contribution in [0.4, 0.5) is 20.6 Å². The Labute approximate surface area is 207 Å². The van der Waals surface area contributed by atoms with Gasteiger partial charge in [-0.1, -0.05) is 11.8 Å². The summed E-state index contributed by atoms with van der Waals surface area (Å²) < 4.78 is 20.3. The maximum Gasteiger partial charge on any atom is 0.346 e. The van der Waals surface area contributed by atoms with Crippen molar-refractivity contribution in [3.8, 4) is 11.8 Å². The summed E-state index contributed by atoms with van der Waals surface area (Å²) in [6, 6.07) is 20.9. The number of carbonyl (C=O) groups is 1. The van der Waals surface area contributed by atoms with Crippen molar-refractivity contribution < 1.29 is 13.9 Å². The first-order valence-electron chi connectivity index (χ1n) is 11.5. The van der Waals surface area contributed by atoms with Gasteiger partial charge in [0.25, 0.3) is 0 Å². The normalized spacial score (nSPS) is 13.8. The number of ether oxygens (including phenoxy) is 1. The average molecular weight is 483 g/mol. The molecule has 0 atom stereocenters. The maximum absolute atomic E-state index is 13.6. The lowest BCUT2D eigenvalue weighted by molar-refractivity contribution is 0.180. The highest BCUT2D eigenvalue weighted by atomic mass is 19.1. The molecule has 0 aliphatic carbocycles. The zero-order chi connectivity index (χ0) is 25.1. The second kappa shape index (κ2) is 9.88. The molecule has 1 amide bonds. The molecule has 2 heterocycles. The first-order valence-corrected chi connectivity index (χ1v) is 11.5. The average Bonchev–Trinajstić information content (AvgIpc) is 3.34. The number of benzene rings is 3. The Morgan fingerprint density at radius 3 is 2.39 bits per heavy atom. The molecule has 1 aromatic heterocycles. The lowest BCUT2D eigenvalue weighted by Crippen LogP contribution is -2.47. The summed E-state index contributed by atoms with van der Waals surface area (Å²) in [5.41, 5.74) is 3.35. The Bertz CT molecular complexity index is 1430. The predicted molar refractivity (Wildman–Crippen MR) is 133 cm³/mol. The molecule has 3 aromatic carbocycles. The number of rotatable bonds is 5. The van der Waals surface area contributed by atoms with Gasteiger partial charge >= 0.3 is 6.03 Å². The molecular formula is C27H23FN6O2. The number of nitriles is 1. The number of hydrogen-bond acceptors (Lipinski definition) is 6. The fourth-order valence-electron chi connectivity index (χ4n) is 4.54. The minimum Gasteiger partial charge on any atom is -0.466 e. The highest BCUT2D eigenvalue weighted by molar-refractivity contribution is 5.88. The van der Waals surface area contributed by atoms with Gasteiger partial charge in [-0.2, -0.15) is 9.94 Å². The minimum atomic E-state index is -0.296. The van der Waals surface area contributed by atoms with Gasteiger partial charge in [0.05, 0.1) is 23.4 Å². The van der Waals surface area contributed by atoms with Crippen LogP contribution in [-0.4, -0.2) is 45.1 Å². The van der Waals surface area contributed by atoms with Gasteiger partial charge in [-0.15, -0.1) is 5.10 Å². The van der Waals surface area contributed by atoms with Crippen LogP contribution in [0.2, 0.25) is 0 Å². The second-order valence-corrected chi connectivity index (χ2v) is 8.44. The Morgan fingerprint density at radius 1 is 1.08 bits per heavy atom. The van der Waals surface area contributed by atoms with Gasteiger partial charge in [0, 0.05) is 30.5 Å². The number of carbonyl (C=O) groups excluding carboxylic acids is 1. The molecule has 0 saturated carbocycles. The summed E-state index contributed by atoms with van der Waals surface area (Å²) >= 11 is 0. The molecule has 0 N–H and O–H groups in total. The summed E-state index contributed by atoms with van der Waals surface area (Å²) in [4.78, 5) is 17.2. The number of likely N-dealkylation sites (tertiary alicyclic amines) is 1.